The van der Waals surface area contributed by atoms with Crippen LogP contribution in [0.4, 0.5) is 5.69 Å². The fraction of sp³-hybridized carbons (Fsp3) is 0.300. The molecule has 2 N–H and O–H groups in total. The highest BCUT2D eigenvalue weighted by molar-refractivity contribution is 7.80. The van der Waals surface area contributed by atoms with Gasteiger partial charge in [0.1, 0.15) is 0 Å². The van der Waals surface area contributed by atoms with E-state index in [9.17, 15) is 5.26 Å². The van der Waals surface area contributed by atoms with E-state index in [1.165, 1.54) is 0 Å². The second kappa shape index (κ2) is 9.00. The van der Waals surface area contributed by atoms with E-state index in [4.69, 9.17) is 28.6 Å². The lowest BCUT2D eigenvalue weighted by molar-refractivity contribution is 0.114. The van der Waals surface area contributed by atoms with Crippen molar-refractivity contribution in [2.75, 3.05) is 18.5 Å². The highest BCUT2D eigenvalue weighted by Crippen LogP contribution is 2.31. The zero-order chi connectivity index (χ0) is 18.4. The molecule has 1 fully saturated rings. The first-order valence-corrected chi connectivity index (χ1v) is 9.36. The maximum atomic E-state index is 9.58. The number of benzene rings is 2. The van der Waals surface area contributed by atoms with Crippen LogP contribution in [0.25, 0.3) is 0 Å². The van der Waals surface area contributed by atoms with Crippen LogP contribution in [0.15, 0.2) is 48.5 Å². The largest absolute Gasteiger partial charge is 0.376 e. The Bertz CT molecular complexity index is 800. The number of rotatable bonds is 5. The summed E-state index contributed by atoms with van der Waals surface area (Å²) in [5.74, 6) is -0.401. The van der Waals surface area contributed by atoms with Crippen LogP contribution >= 0.6 is 23.8 Å². The predicted octanol–water partition coefficient (Wildman–Crippen LogP) is 4.46. The first kappa shape index (κ1) is 18.7. The van der Waals surface area contributed by atoms with Crippen molar-refractivity contribution in [1.29, 1.82) is 5.26 Å². The van der Waals surface area contributed by atoms with E-state index in [2.05, 4.69) is 16.7 Å². The van der Waals surface area contributed by atoms with Crippen molar-refractivity contribution < 1.29 is 4.74 Å². The van der Waals surface area contributed by atoms with E-state index in [0.29, 0.717) is 16.7 Å². The molecule has 0 aliphatic carbocycles. The Balaban J connectivity index is 1.65. The molecule has 4 nitrogen and oxygen atoms in total. The van der Waals surface area contributed by atoms with Crippen LogP contribution in [0, 0.1) is 11.3 Å². The van der Waals surface area contributed by atoms with Gasteiger partial charge in [0.2, 0.25) is 0 Å². The first-order valence-electron chi connectivity index (χ1n) is 8.58. The predicted molar refractivity (Wildman–Crippen MR) is 109 cm³/mol. The Kier molecular flexibility index (Phi) is 6.45. The zero-order valence-corrected chi connectivity index (χ0v) is 15.8. The van der Waals surface area contributed by atoms with Crippen molar-refractivity contribution >= 4 is 34.6 Å². The van der Waals surface area contributed by atoms with Gasteiger partial charge in [-0.2, -0.15) is 5.26 Å². The van der Waals surface area contributed by atoms with Crippen LogP contribution in [0.3, 0.4) is 0 Å². The summed E-state index contributed by atoms with van der Waals surface area (Å²) in [5.41, 5.74) is 2.49. The van der Waals surface area contributed by atoms with Gasteiger partial charge < -0.3 is 15.4 Å². The highest BCUT2D eigenvalue weighted by atomic mass is 35.5. The molecule has 2 aromatic rings. The average Bonchev–Trinajstić information content (AvgIpc) is 3.17. The number of nitrogens with zero attached hydrogens (tertiary/aromatic N) is 1. The molecule has 0 unspecified atom stereocenters. The number of ether oxygens (including phenoxy) is 1. The lowest BCUT2D eigenvalue weighted by Crippen LogP contribution is -2.34. The maximum absolute atomic E-state index is 9.58. The summed E-state index contributed by atoms with van der Waals surface area (Å²) in [6, 6.07) is 17.5. The van der Waals surface area contributed by atoms with Gasteiger partial charge in [0.25, 0.3) is 0 Å². The van der Waals surface area contributed by atoms with Crippen molar-refractivity contribution in [3.05, 3.63) is 64.7 Å². The van der Waals surface area contributed by atoms with Crippen LogP contribution in [-0.2, 0) is 4.74 Å². The Morgan fingerprint density at radius 3 is 2.77 bits per heavy atom. The Morgan fingerprint density at radius 1 is 1.31 bits per heavy atom. The molecule has 1 heterocycles. The maximum Gasteiger partial charge on any atom is 0.170 e. The Hall–Kier alpha value is -2.13. The van der Waals surface area contributed by atoms with E-state index in [0.717, 1.165) is 36.3 Å². The molecule has 2 aromatic carbocycles. The van der Waals surface area contributed by atoms with Crippen LogP contribution in [-0.4, -0.2) is 24.4 Å². The highest BCUT2D eigenvalue weighted by Gasteiger charge is 2.17. The Labute approximate surface area is 164 Å². The number of anilines is 1. The molecule has 2 atom stereocenters. The molecular weight excluding hydrogens is 366 g/mol. The molecule has 3 rings (SSSR count). The minimum atomic E-state index is -0.401. The second-order valence-electron chi connectivity index (χ2n) is 6.18. The third-order valence-electron chi connectivity index (χ3n) is 4.35. The SMILES string of the molecule is N#C[C@@H](c1ccccc1)c1ccc(NC(=S)NC[C@@H]2CCCO2)cc1Cl. The van der Waals surface area contributed by atoms with Crippen molar-refractivity contribution in [2.24, 2.45) is 0 Å². The van der Waals surface area contributed by atoms with E-state index >= 15 is 0 Å². The topological polar surface area (TPSA) is 57.1 Å². The number of halogens is 1. The molecule has 0 saturated carbocycles. The summed E-state index contributed by atoms with van der Waals surface area (Å²) in [6.45, 7) is 1.52. The number of hydrogen-bond donors (Lipinski definition) is 2. The standard InChI is InChI=1S/C20H20ClN3OS/c21-19-11-15(24-20(26)23-13-16-7-4-10-25-16)8-9-17(19)18(12-22)14-5-2-1-3-6-14/h1-3,5-6,8-9,11,16,18H,4,7,10,13H2,(H2,23,24,26)/t16-,18-/m0/s1. The smallest absolute Gasteiger partial charge is 0.170 e. The van der Waals surface area contributed by atoms with Crippen LogP contribution < -0.4 is 10.6 Å². The second-order valence-corrected chi connectivity index (χ2v) is 6.99. The number of thiocarbonyl (C=S) groups is 1. The van der Waals surface area contributed by atoms with Crippen molar-refractivity contribution in [1.82, 2.24) is 5.32 Å². The van der Waals surface area contributed by atoms with Gasteiger partial charge in [-0.3, -0.25) is 0 Å². The zero-order valence-electron chi connectivity index (χ0n) is 14.2. The fourth-order valence-corrected chi connectivity index (χ4v) is 3.49. The van der Waals surface area contributed by atoms with E-state index in [1.54, 1.807) is 6.07 Å². The molecular formula is C20H20ClN3OS. The average molecular weight is 386 g/mol. The summed E-state index contributed by atoms with van der Waals surface area (Å²) < 4.78 is 5.57. The quantitative estimate of drug-likeness (QED) is 0.744. The molecule has 1 saturated heterocycles. The first-order chi connectivity index (χ1) is 12.7. The Morgan fingerprint density at radius 2 is 2.12 bits per heavy atom. The third kappa shape index (κ3) is 4.73. The molecule has 1 aliphatic heterocycles. The van der Waals surface area contributed by atoms with Crippen LogP contribution in [0.2, 0.25) is 5.02 Å². The van der Waals surface area contributed by atoms with Gasteiger partial charge in [-0.15, -0.1) is 0 Å². The van der Waals surface area contributed by atoms with Gasteiger partial charge in [0, 0.05) is 23.9 Å². The molecule has 134 valence electrons. The summed E-state index contributed by atoms with van der Waals surface area (Å²) in [5, 5.41) is 16.9. The minimum Gasteiger partial charge on any atom is -0.376 e. The molecule has 0 amide bonds. The van der Waals surface area contributed by atoms with Gasteiger partial charge in [-0.25, -0.2) is 0 Å². The summed E-state index contributed by atoms with van der Waals surface area (Å²) >= 11 is 11.8. The molecule has 6 heteroatoms. The van der Waals surface area contributed by atoms with Gasteiger partial charge in [0.15, 0.2) is 5.11 Å². The summed E-state index contributed by atoms with van der Waals surface area (Å²) in [7, 11) is 0. The van der Waals surface area contributed by atoms with Crippen molar-refractivity contribution in [3.63, 3.8) is 0 Å². The van der Waals surface area contributed by atoms with Gasteiger partial charge in [0.05, 0.1) is 18.1 Å². The summed E-state index contributed by atoms with van der Waals surface area (Å²) in [6.07, 6.45) is 2.39. The van der Waals surface area contributed by atoms with Crippen molar-refractivity contribution in [3.8, 4) is 6.07 Å². The monoisotopic (exact) mass is 385 g/mol. The molecule has 0 spiro atoms. The summed E-state index contributed by atoms with van der Waals surface area (Å²) in [4.78, 5) is 0. The van der Waals surface area contributed by atoms with Crippen LogP contribution in [0.5, 0.6) is 0 Å². The number of nitriles is 1. The molecule has 26 heavy (non-hydrogen) atoms. The lowest BCUT2D eigenvalue weighted by Gasteiger charge is -2.16. The van der Waals surface area contributed by atoms with Gasteiger partial charge in [-0.1, -0.05) is 48.0 Å². The van der Waals surface area contributed by atoms with Gasteiger partial charge >= 0.3 is 0 Å². The van der Waals surface area contributed by atoms with E-state index in [1.807, 2.05) is 42.5 Å². The van der Waals surface area contributed by atoms with Crippen molar-refractivity contribution in [2.45, 2.75) is 24.9 Å². The minimum absolute atomic E-state index is 0.225. The third-order valence-corrected chi connectivity index (χ3v) is 4.92. The molecule has 0 radical (unpaired) electrons. The van der Waals surface area contributed by atoms with E-state index < -0.39 is 5.92 Å². The van der Waals surface area contributed by atoms with E-state index in [-0.39, 0.29) is 6.10 Å². The fourth-order valence-electron chi connectivity index (χ4n) is 3.00. The van der Waals surface area contributed by atoms with Crippen LogP contribution in [0.1, 0.15) is 29.9 Å². The number of nitrogens with one attached hydrogen (secondary N) is 2. The number of hydrogen-bond acceptors (Lipinski definition) is 3. The lowest BCUT2D eigenvalue weighted by atomic mass is 9.92. The molecule has 0 bridgehead atoms. The molecule has 0 aromatic heterocycles. The van der Waals surface area contributed by atoms with Gasteiger partial charge in [-0.05, 0) is 48.3 Å². The normalized spacial score (nSPS) is 17.3. The molecule has 1 aliphatic rings.